The van der Waals surface area contributed by atoms with Gasteiger partial charge in [0.25, 0.3) is 0 Å². The highest BCUT2D eigenvalue weighted by Crippen LogP contribution is 2.34. The maximum Gasteiger partial charge on any atom is 0.334 e. The monoisotopic (exact) mass is 240 g/mol. The highest BCUT2D eigenvalue weighted by Gasteiger charge is 2.40. The van der Waals surface area contributed by atoms with Crippen molar-refractivity contribution in [3.05, 3.63) is 0 Å². The molecule has 5 heteroatoms. The molecule has 5 nitrogen and oxygen atoms in total. The maximum atomic E-state index is 11.0. The van der Waals surface area contributed by atoms with E-state index in [1.807, 2.05) is 0 Å². The van der Waals surface area contributed by atoms with Gasteiger partial charge in [0.2, 0.25) is 0 Å². The average molecular weight is 240 g/mol. The van der Waals surface area contributed by atoms with Gasteiger partial charge in [0.15, 0.2) is 0 Å². The minimum absolute atomic E-state index is 0.0516. The summed E-state index contributed by atoms with van der Waals surface area (Å²) in [6, 6.07) is 0. The normalized spacial score (nSPS) is 26.6. The van der Waals surface area contributed by atoms with Crippen LogP contribution in [0.4, 0.5) is 0 Å². The molecule has 17 heavy (non-hydrogen) atoms. The number of oxime groups is 1. The Bertz CT molecular complexity index is 320. The summed E-state index contributed by atoms with van der Waals surface area (Å²) in [6.07, 6.45) is 3.22. The van der Waals surface area contributed by atoms with Crippen LogP contribution in [0.5, 0.6) is 0 Å². The van der Waals surface area contributed by atoms with Gasteiger partial charge in [-0.1, -0.05) is 12.1 Å². The van der Waals surface area contributed by atoms with Gasteiger partial charge in [-0.2, -0.15) is 0 Å². The number of rotatable bonds is 2. The molecule has 2 aliphatic heterocycles. The Morgan fingerprint density at radius 2 is 2.24 bits per heavy atom. The van der Waals surface area contributed by atoms with Gasteiger partial charge in [-0.3, -0.25) is 0 Å². The molecule has 96 valence electrons. The Kier molecular flexibility index (Phi) is 3.79. The van der Waals surface area contributed by atoms with Gasteiger partial charge >= 0.3 is 5.97 Å². The van der Waals surface area contributed by atoms with Crippen molar-refractivity contribution in [3.63, 3.8) is 0 Å². The molecule has 0 atom stereocenters. The quantitative estimate of drug-likeness (QED) is 0.537. The Balaban J connectivity index is 1.88. The molecular weight excluding hydrogens is 220 g/mol. The number of likely N-dealkylation sites (tertiary alicyclic amines) is 1. The van der Waals surface area contributed by atoms with E-state index in [2.05, 4.69) is 17.1 Å². The standard InChI is InChI=1S/C12H20N2O3/c1-3-11(15)17-13-10-8-12(16-9-10)4-6-14(2)7-5-12/h3-9H2,1-2H3/b13-10+. The van der Waals surface area contributed by atoms with Crippen LogP contribution in [0.2, 0.25) is 0 Å². The van der Waals surface area contributed by atoms with Gasteiger partial charge < -0.3 is 14.5 Å². The van der Waals surface area contributed by atoms with Crippen molar-refractivity contribution in [2.45, 2.75) is 38.2 Å². The molecule has 1 spiro atoms. The molecule has 2 heterocycles. The number of piperidine rings is 1. The summed E-state index contributed by atoms with van der Waals surface area (Å²) in [5.41, 5.74) is 0.806. The zero-order chi connectivity index (χ0) is 12.3. The van der Waals surface area contributed by atoms with Crippen LogP contribution in [0.15, 0.2) is 5.16 Å². The van der Waals surface area contributed by atoms with Crippen LogP contribution in [0.3, 0.4) is 0 Å². The van der Waals surface area contributed by atoms with E-state index in [1.165, 1.54) is 0 Å². The van der Waals surface area contributed by atoms with Crippen LogP contribution in [0, 0.1) is 0 Å². The minimum atomic E-state index is -0.290. The Morgan fingerprint density at radius 3 is 2.88 bits per heavy atom. The fourth-order valence-corrected chi connectivity index (χ4v) is 2.30. The van der Waals surface area contributed by atoms with E-state index >= 15 is 0 Å². The fourth-order valence-electron chi connectivity index (χ4n) is 2.30. The SMILES string of the molecule is CCC(=O)O/N=C1/COC2(CCN(C)CC2)C1. The Labute approximate surface area is 102 Å². The smallest absolute Gasteiger partial charge is 0.334 e. The molecule has 0 aromatic rings. The number of hydrogen-bond donors (Lipinski definition) is 0. The minimum Gasteiger partial charge on any atom is -0.368 e. The number of ether oxygens (including phenoxy) is 1. The van der Waals surface area contributed by atoms with Crippen LogP contribution in [0.25, 0.3) is 0 Å². The molecule has 0 N–H and O–H groups in total. The van der Waals surface area contributed by atoms with Crippen molar-refractivity contribution >= 4 is 11.7 Å². The fraction of sp³-hybridized carbons (Fsp3) is 0.833. The number of nitrogens with zero attached hydrogens (tertiary/aromatic N) is 2. The summed E-state index contributed by atoms with van der Waals surface area (Å²) >= 11 is 0. The van der Waals surface area contributed by atoms with Crippen LogP contribution in [0.1, 0.15) is 32.6 Å². The first kappa shape index (κ1) is 12.5. The van der Waals surface area contributed by atoms with Gasteiger partial charge in [-0.05, 0) is 19.9 Å². The second-order valence-corrected chi connectivity index (χ2v) is 4.93. The number of hydrogen-bond acceptors (Lipinski definition) is 5. The molecular formula is C12H20N2O3. The zero-order valence-electron chi connectivity index (χ0n) is 10.6. The van der Waals surface area contributed by atoms with Crippen LogP contribution in [-0.4, -0.2) is 48.9 Å². The van der Waals surface area contributed by atoms with Crippen LogP contribution < -0.4 is 0 Å². The topological polar surface area (TPSA) is 51.1 Å². The van der Waals surface area contributed by atoms with Gasteiger partial charge in [0.1, 0.15) is 0 Å². The van der Waals surface area contributed by atoms with E-state index in [9.17, 15) is 4.79 Å². The highest BCUT2D eigenvalue weighted by molar-refractivity contribution is 5.88. The molecule has 0 unspecified atom stereocenters. The van der Waals surface area contributed by atoms with Crippen LogP contribution in [-0.2, 0) is 14.4 Å². The number of carbonyl (C=O) groups is 1. The summed E-state index contributed by atoms with van der Waals surface area (Å²) in [6.45, 7) is 4.37. The molecule has 0 amide bonds. The van der Waals surface area contributed by atoms with Gasteiger partial charge in [-0.25, -0.2) is 4.79 Å². The zero-order valence-corrected chi connectivity index (χ0v) is 10.6. The van der Waals surface area contributed by atoms with Gasteiger partial charge in [0, 0.05) is 25.9 Å². The molecule has 2 rings (SSSR count). The van der Waals surface area contributed by atoms with Crippen molar-refractivity contribution in [1.82, 2.24) is 4.90 Å². The molecule has 2 aliphatic rings. The van der Waals surface area contributed by atoms with E-state index in [1.54, 1.807) is 6.92 Å². The van der Waals surface area contributed by atoms with Crippen LogP contribution >= 0.6 is 0 Å². The largest absolute Gasteiger partial charge is 0.368 e. The molecule has 2 fully saturated rings. The Morgan fingerprint density at radius 1 is 1.53 bits per heavy atom. The van der Waals surface area contributed by atoms with Crippen molar-refractivity contribution < 1.29 is 14.4 Å². The van der Waals surface area contributed by atoms with Crippen molar-refractivity contribution in [2.24, 2.45) is 5.16 Å². The van der Waals surface area contributed by atoms with E-state index in [4.69, 9.17) is 9.57 Å². The summed E-state index contributed by atoms with van der Waals surface area (Å²) in [5.74, 6) is -0.290. The number of carbonyl (C=O) groups excluding carboxylic acids is 1. The third-order valence-corrected chi connectivity index (χ3v) is 3.53. The third kappa shape index (κ3) is 3.04. The summed E-state index contributed by atoms with van der Waals surface area (Å²) in [4.78, 5) is 18.1. The van der Waals surface area contributed by atoms with Gasteiger partial charge in [0.05, 0.1) is 17.9 Å². The maximum absolute atomic E-state index is 11.0. The molecule has 0 radical (unpaired) electrons. The lowest BCUT2D eigenvalue weighted by atomic mass is 9.88. The third-order valence-electron chi connectivity index (χ3n) is 3.53. The lowest BCUT2D eigenvalue weighted by Gasteiger charge is -2.36. The van der Waals surface area contributed by atoms with Crippen molar-refractivity contribution in [2.75, 3.05) is 26.7 Å². The second kappa shape index (κ2) is 5.14. The lowest BCUT2D eigenvalue weighted by molar-refractivity contribution is -0.143. The average Bonchev–Trinajstić information content (AvgIpc) is 2.74. The molecule has 0 aromatic carbocycles. The summed E-state index contributed by atoms with van der Waals surface area (Å²) < 4.78 is 5.86. The first-order valence-electron chi connectivity index (χ1n) is 6.22. The molecule has 0 bridgehead atoms. The molecule has 0 aliphatic carbocycles. The molecule has 0 saturated carbocycles. The van der Waals surface area contributed by atoms with Crippen molar-refractivity contribution in [3.8, 4) is 0 Å². The predicted molar refractivity (Wildman–Crippen MR) is 63.8 cm³/mol. The lowest BCUT2D eigenvalue weighted by Crippen LogP contribution is -2.42. The van der Waals surface area contributed by atoms with E-state index in [0.717, 1.165) is 38.1 Å². The van der Waals surface area contributed by atoms with E-state index in [0.29, 0.717) is 13.0 Å². The van der Waals surface area contributed by atoms with Gasteiger partial charge in [-0.15, -0.1) is 0 Å². The first-order chi connectivity index (χ1) is 8.13. The molecule has 0 aromatic heterocycles. The predicted octanol–water partition coefficient (Wildman–Crippen LogP) is 1.18. The van der Waals surface area contributed by atoms with E-state index in [-0.39, 0.29) is 11.6 Å². The summed E-state index contributed by atoms with van der Waals surface area (Å²) in [7, 11) is 2.12. The summed E-state index contributed by atoms with van der Waals surface area (Å²) in [5, 5.41) is 3.89. The molecule has 2 saturated heterocycles. The first-order valence-corrected chi connectivity index (χ1v) is 6.22. The Hall–Kier alpha value is -0.940. The van der Waals surface area contributed by atoms with E-state index < -0.39 is 0 Å². The van der Waals surface area contributed by atoms with Crippen molar-refractivity contribution in [1.29, 1.82) is 0 Å². The second-order valence-electron chi connectivity index (χ2n) is 4.93. The highest BCUT2D eigenvalue weighted by atomic mass is 16.7.